The van der Waals surface area contributed by atoms with Crippen LogP contribution in [0.3, 0.4) is 0 Å². The molecular formula is C24H49NO2. The zero-order valence-corrected chi connectivity index (χ0v) is 18.8. The van der Waals surface area contributed by atoms with E-state index in [-0.39, 0.29) is 11.8 Å². The molecule has 0 bridgehead atoms. The number of amides is 1. The van der Waals surface area contributed by atoms with Crippen molar-refractivity contribution in [1.29, 1.82) is 0 Å². The van der Waals surface area contributed by atoms with E-state index < -0.39 is 0 Å². The minimum absolute atomic E-state index is 0.0310. The molecule has 27 heavy (non-hydrogen) atoms. The molecule has 0 aliphatic carbocycles. The minimum atomic E-state index is 0.0310. The Balaban J connectivity index is 3.38. The lowest BCUT2D eigenvalue weighted by atomic mass is 10.0. The van der Waals surface area contributed by atoms with Gasteiger partial charge in [0.1, 0.15) is 0 Å². The number of rotatable bonds is 21. The van der Waals surface area contributed by atoms with Crippen LogP contribution < -0.4 is 5.32 Å². The van der Waals surface area contributed by atoms with Crippen molar-refractivity contribution in [3.63, 3.8) is 0 Å². The predicted molar refractivity (Wildman–Crippen MR) is 118 cm³/mol. The smallest absolute Gasteiger partial charge is 0.225 e. The molecule has 0 aliphatic heterocycles. The van der Waals surface area contributed by atoms with Crippen LogP contribution in [0.5, 0.6) is 0 Å². The maximum atomic E-state index is 12.1. The average molecular weight is 384 g/mol. The van der Waals surface area contributed by atoms with E-state index in [1.54, 1.807) is 0 Å². The zero-order valence-electron chi connectivity index (χ0n) is 18.8. The fraction of sp³-hybridized carbons (Fsp3) is 0.958. The molecule has 0 saturated heterocycles. The Hall–Kier alpha value is -0.570. The molecule has 3 nitrogen and oxygen atoms in total. The summed E-state index contributed by atoms with van der Waals surface area (Å²) in [4.78, 5) is 12.1. The molecule has 0 fully saturated rings. The maximum absolute atomic E-state index is 12.1. The van der Waals surface area contributed by atoms with Crippen LogP contribution in [0.1, 0.15) is 124 Å². The summed E-state index contributed by atoms with van der Waals surface area (Å²) < 4.78 is 5.79. The first-order valence-corrected chi connectivity index (χ1v) is 12.1. The third-order valence-corrected chi connectivity index (χ3v) is 5.27. The van der Waals surface area contributed by atoms with Gasteiger partial charge in [0.05, 0.1) is 12.5 Å². The van der Waals surface area contributed by atoms with Gasteiger partial charge < -0.3 is 10.1 Å². The third kappa shape index (κ3) is 18.6. The Morgan fingerprint density at radius 1 is 0.704 bits per heavy atom. The van der Waals surface area contributed by atoms with Crippen molar-refractivity contribution in [2.24, 2.45) is 5.92 Å². The molecule has 0 spiro atoms. The molecule has 1 N–H and O–H groups in total. The normalized spacial score (nSPS) is 12.3. The molecule has 0 aliphatic rings. The summed E-state index contributed by atoms with van der Waals surface area (Å²) in [5, 5.41) is 3.00. The molecule has 0 aromatic heterocycles. The Morgan fingerprint density at radius 3 is 1.70 bits per heavy atom. The van der Waals surface area contributed by atoms with Gasteiger partial charge >= 0.3 is 0 Å². The van der Waals surface area contributed by atoms with Crippen molar-refractivity contribution in [1.82, 2.24) is 5.32 Å². The lowest BCUT2D eigenvalue weighted by Crippen LogP contribution is -2.33. The van der Waals surface area contributed by atoms with Crippen molar-refractivity contribution < 1.29 is 9.53 Å². The predicted octanol–water partition coefficient (Wildman–Crippen LogP) is 7.04. The third-order valence-electron chi connectivity index (χ3n) is 5.27. The second kappa shape index (κ2) is 21.7. The molecular weight excluding hydrogens is 334 g/mol. The van der Waals surface area contributed by atoms with Crippen LogP contribution in [-0.4, -0.2) is 25.7 Å². The molecule has 0 aromatic rings. The number of hydrogen-bond donors (Lipinski definition) is 1. The van der Waals surface area contributed by atoms with Gasteiger partial charge in [-0.2, -0.15) is 0 Å². The van der Waals surface area contributed by atoms with Crippen molar-refractivity contribution in [3.8, 4) is 0 Å². The van der Waals surface area contributed by atoms with Gasteiger partial charge in [0.2, 0.25) is 5.91 Å². The van der Waals surface area contributed by atoms with Crippen molar-refractivity contribution >= 4 is 5.91 Å². The molecule has 1 unspecified atom stereocenters. The maximum Gasteiger partial charge on any atom is 0.225 e. The van der Waals surface area contributed by atoms with Crippen LogP contribution in [0.2, 0.25) is 0 Å². The zero-order chi connectivity index (χ0) is 20.0. The van der Waals surface area contributed by atoms with Gasteiger partial charge in [-0.25, -0.2) is 0 Å². The first-order valence-electron chi connectivity index (χ1n) is 12.1. The highest BCUT2D eigenvalue weighted by molar-refractivity contribution is 5.78. The van der Waals surface area contributed by atoms with Crippen LogP contribution in [0.4, 0.5) is 0 Å². The molecule has 0 heterocycles. The highest BCUT2D eigenvalue weighted by atomic mass is 16.5. The standard InChI is InChI=1S/C24H49NO2/c1-4-7-8-9-10-11-12-13-14-15-16-17-18-21-27-22-23(19-5-2)24(26)25-20-6-3/h23H,4-22H2,1-3H3,(H,25,26). The number of ether oxygens (including phenoxy) is 1. The van der Waals surface area contributed by atoms with E-state index in [1.165, 1.54) is 77.0 Å². The summed E-state index contributed by atoms with van der Waals surface area (Å²) in [5.41, 5.74) is 0. The van der Waals surface area contributed by atoms with Crippen molar-refractivity contribution in [2.75, 3.05) is 19.8 Å². The quantitative estimate of drug-likeness (QED) is 0.216. The van der Waals surface area contributed by atoms with Gasteiger partial charge in [-0.05, 0) is 19.3 Å². The summed E-state index contributed by atoms with van der Waals surface area (Å²) in [7, 11) is 0. The highest BCUT2D eigenvalue weighted by Gasteiger charge is 2.16. The Morgan fingerprint density at radius 2 is 1.22 bits per heavy atom. The van der Waals surface area contributed by atoms with Gasteiger partial charge in [0.25, 0.3) is 0 Å². The number of nitrogens with one attached hydrogen (secondary N) is 1. The molecule has 0 rings (SSSR count). The lowest BCUT2D eigenvalue weighted by Gasteiger charge is -2.16. The van der Waals surface area contributed by atoms with E-state index in [0.29, 0.717) is 6.61 Å². The van der Waals surface area contributed by atoms with Crippen LogP contribution in [-0.2, 0) is 9.53 Å². The molecule has 1 amide bonds. The summed E-state index contributed by atoms with van der Waals surface area (Å²) >= 11 is 0. The summed E-state index contributed by atoms with van der Waals surface area (Å²) in [6.45, 7) is 8.66. The Kier molecular flexibility index (Phi) is 21.3. The Labute approximate surface area is 170 Å². The lowest BCUT2D eigenvalue weighted by molar-refractivity contribution is -0.127. The monoisotopic (exact) mass is 383 g/mol. The van der Waals surface area contributed by atoms with Crippen LogP contribution >= 0.6 is 0 Å². The summed E-state index contributed by atoms with van der Waals surface area (Å²) in [5.74, 6) is 0.201. The SMILES string of the molecule is CCCCCCCCCCCCCCCOCC(CCC)C(=O)NCCC. The first kappa shape index (κ1) is 26.4. The number of carbonyl (C=O) groups excluding carboxylic acids is 1. The average Bonchev–Trinajstić information content (AvgIpc) is 2.68. The second-order valence-electron chi connectivity index (χ2n) is 8.09. The van der Waals surface area contributed by atoms with Crippen LogP contribution in [0.15, 0.2) is 0 Å². The Bertz CT molecular complexity index is 307. The minimum Gasteiger partial charge on any atom is -0.381 e. The molecule has 3 heteroatoms. The summed E-state index contributed by atoms with van der Waals surface area (Å²) in [6.07, 6.45) is 20.8. The van der Waals surface area contributed by atoms with Crippen molar-refractivity contribution in [2.45, 2.75) is 124 Å². The van der Waals surface area contributed by atoms with E-state index in [2.05, 4.69) is 26.1 Å². The van der Waals surface area contributed by atoms with Gasteiger partial charge in [-0.15, -0.1) is 0 Å². The van der Waals surface area contributed by atoms with E-state index in [4.69, 9.17) is 4.74 Å². The number of unbranched alkanes of at least 4 members (excludes halogenated alkanes) is 12. The molecule has 0 aromatic carbocycles. The van der Waals surface area contributed by atoms with Crippen molar-refractivity contribution in [3.05, 3.63) is 0 Å². The number of hydrogen-bond acceptors (Lipinski definition) is 2. The molecule has 0 saturated carbocycles. The molecule has 162 valence electrons. The topological polar surface area (TPSA) is 38.3 Å². The van der Waals surface area contributed by atoms with Gasteiger partial charge in [0, 0.05) is 13.2 Å². The van der Waals surface area contributed by atoms with Gasteiger partial charge in [-0.3, -0.25) is 4.79 Å². The fourth-order valence-electron chi connectivity index (χ4n) is 3.48. The highest BCUT2D eigenvalue weighted by Crippen LogP contribution is 2.13. The van der Waals surface area contributed by atoms with E-state index in [0.717, 1.165) is 38.8 Å². The van der Waals surface area contributed by atoms with Gasteiger partial charge in [0.15, 0.2) is 0 Å². The first-order chi connectivity index (χ1) is 13.3. The van der Waals surface area contributed by atoms with E-state index in [1.807, 2.05) is 0 Å². The van der Waals surface area contributed by atoms with E-state index in [9.17, 15) is 4.79 Å². The van der Waals surface area contributed by atoms with E-state index >= 15 is 0 Å². The van der Waals surface area contributed by atoms with Gasteiger partial charge in [-0.1, -0.05) is 104 Å². The fourth-order valence-corrected chi connectivity index (χ4v) is 3.48. The number of carbonyl (C=O) groups is 1. The molecule has 1 atom stereocenters. The largest absolute Gasteiger partial charge is 0.381 e. The second-order valence-corrected chi connectivity index (χ2v) is 8.09. The summed E-state index contributed by atoms with van der Waals surface area (Å²) in [6, 6.07) is 0. The van der Waals surface area contributed by atoms with Crippen LogP contribution in [0.25, 0.3) is 0 Å². The van der Waals surface area contributed by atoms with Crippen LogP contribution in [0, 0.1) is 5.92 Å². The molecule has 0 radical (unpaired) electrons.